The molecule has 6 atom stereocenters. The molecule has 12 heteroatoms. The Morgan fingerprint density at radius 2 is 0.765 bits per heavy atom. The summed E-state index contributed by atoms with van der Waals surface area (Å²) in [6.45, 7) is 5.92. The van der Waals surface area contributed by atoms with Crippen LogP contribution in [0.3, 0.4) is 0 Å². The second kappa shape index (κ2) is 56.9. The van der Waals surface area contributed by atoms with Gasteiger partial charge in [-0.3, -0.25) is 14.4 Å². The number of carbonyl (C=O) groups is 4. The van der Waals surface area contributed by atoms with Crippen molar-refractivity contribution in [1.29, 1.82) is 0 Å². The minimum atomic E-state index is -1.91. The number of aliphatic carboxylic acids is 1. The maximum absolute atomic E-state index is 13.2. The lowest BCUT2D eigenvalue weighted by molar-refractivity contribution is -0.301. The smallest absolute Gasteiger partial charge is 0.335 e. The maximum atomic E-state index is 13.2. The summed E-state index contributed by atoms with van der Waals surface area (Å²) in [6.07, 6.45) is 58.9. The van der Waals surface area contributed by atoms with Gasteiger partial charge in [-0.25, -0.2) is 4.79 Å². The number of unbranched alkanes of at least 4 members (excludes halogenated alkanes) is 33. The molecule has 0 saturated carbocycles. The molecule has 0 bridgehead atoms. The molecule has 1 rings (SSSR count). The van der Waals surface area contributed by atoms with Crippen LogP contribution in [0.15, 0.2) is 60.8 Å². The largest absolute Gasteiger partial charge is 0.479 e. The molecule has 0 radical (unpaired) electrons. The van der Waals surface area contributed by atoms with Gasteiger partial charge in [-0.05, 0) is 103 Å². The summed E-state index contributed by atoms with van der Waals surface area (Å²) in [4.78, 5) is 51.3. The number of carboxylic acids is 1. The average molecular weight is 1140 g/mol. The summed E-state index contributed by atoms with van der Waals surface area (Å²) in [5, 5.41) is 31.6. The number of carbonyl (C=O) groups excluding carboxylic acids is 3. The molecule has 1 aliphatic rings. The van der Waals surface area contributed by atoms with E-state index in [9.17, 15) is 34.5 Å². The van der Waals surface area contributed by atoms with Crippen molar-refractivity contribution in [3.63, 3.8) is 0 Å². The van der Waals surface area contributed by atoms with E-state index in [-0.39, 0.29) is 25.9 Å². The number of rotatable bonds is 57. The van der Waals surface area contributed by atoms with Crippen LogP contribution in [-0.2, 0) is 42.9 Å². The molecule has 1 saturated heterocycles. The molecule has 0 amide bonds. The van der Waals surface area contributed by atoms with E-state index in [1.165, 1.54) is 135 Å². The predicted octanol–water partition coefficient (Wildman–Crippen LogP) is 17.9. The first-order valence-electron chi connectivity index (χ1n) is 33.3. The molecule has 81 heavy (non-hydrogen) atoms. The Morgan fingerprint density at radius 1 is 0.407 bits per heavy atom. The molecule has 1 fully saturated rings. The fourth-order valence-electron chi connectivity index (χ4n) is 9.90. The Hall–Kier alpha value is -3.58. The molecule has 12 nitrogen and oxygen atoms in total. The van der Waals surface area contributed by atoms with Crippen LogP contribution in [0.25, 0.3) is 0 Å². The zero-order valence-corrected chi connectivity index (χ0v) is 51.8. The second-order valence-corrected chi connectivity index (χ2v) is 22.7. The lowest BCUT2D eigenvalue weighted by Crippen LogP contribution is -2.61. The highest BCUT2D eigenvalue weighted by atomic mass is 16.7. The molecule has 0 aromatic heterocycles. The number of allylic oxidation sites excluding steroid dienone is 10. The van der Waals surface area contributed by atoms with Crippen LogP contribution in [0.2, 0.25) is 0 Å². The Labute approximate surface area is 494 Å². The highest BCUT2D eigenvalue weighted by Crippen LogP contribution is 2.27. The normalized spacial score (nSPS) is 18.1. The summed E-state index contributed by atoms with van der Waals surface area (Å²) in [5.41, 5.74) is 0. The van der Waals surface area contributed by atoms with Gasteiger partial charge >= 0.3 is 23.9 Å². The minimum Gasteiger partial charge on any atom is -0.479 e. The van der Waals surface area contributed by atoms with Crippen molar-refractivity contribution in [3.05, 3.63) is 60.8 Å². The first-order valence-corrected chi connectivity index (χ1v) is 33.3. The van der Waals surface area contributed by atoms with Gasteiger partial charge in [-0.15, -0.1) is 0 Å². The van der Waals surface area contributed by atoms with Gasteiger partial charge in [0, 0.05) is 19.3 Å². The highest BCUT2D eigenvalue weighted by molar-refractivity contribution is 5.74. The van der Waals surface area contributed by atoms with Gasteiger partial charge in [0.05, 0.1) is 6.61 Å². The van der Waals surface area contributed by atoms with Crippen LogP contribution in [0.5, 0.6) is 0 Å². The minimum absolute atomic E-state index is 0.0541. The van der Waals surface area contributed by atoms with Gasteiger partial charge < -0.3 is 39.0 Å². The first-order chi connectivity index (χ1) is 39.6. The van der Waals surface area contributed by atoms with E-state index in [1.54, 1.807) is 0 Å². The van der Waals surface area contributed by atoms with Gasteiger partial charge in [0.25, 0.3) is 0 Å². The molecule has 1 aliphatic heterocycles. The molecule has 0 aromatic rings. The topological polar surface area (TPSA) is 175 Å². The maximum Gasteiger partial charge on any atom is 0.335 e. The quantitative estimate of drug-likeness (QED) is 0.0228. The summed E-state index contributed by atoms with van der Waals surface area (Å²) in [6, 6.07) is 0. The molecule has 0 spiro atoms. The van der Waals surface area contributed by atoms with Crippen molar-refractivity contribution in [2.45, 2.75) is 340 Å². The molecule has 1 heterocycles. The Kier molecular flexibility index (Phi) is 53.0. The van der Waals surface area contributed by atoms with Gasteiger partial charge in [0.15, 0.2) is 24.6 Å². The fraction of sp³-hybridized carbons (Fsp3) is 0.797. The number of esters is 3. The predicted molar refractivity (Wildman–Crippen MR) is 331 cm³/mol. The molecule has 6 unspecified atom stereocenters. The Morgan fingerprint density at radius 3 is 1.20 bits per heavy atom. The number of aliphatic hydroxyl groups is 2. The lowest BCUT2D eigenvalue weighted by atomic mass is 9.98. The SMILES string of the molecule is CCC/C=C\C/C=C\CCCCCCCC(=O)OC(COC(=O)CCCCCCCCCCC/C=C\CCCCCCCC)COC1OC(C(=O)O)C(O)C(O)C1OC(=O)CCCCCCCCCCC/C=C\C/C=C\CCCCC. The zero-order valence-electron chi connectivity index (χ0n) is 51.8. The third-order valence-corrected chi connectivity index (χ3v) is 15.0. The van der Waals surface area contributed by atoms with Crippen molar-refractivity contribution < 1.29 is 58.2 Å². The second-order valence-electron chi connectivity index (χ2n) is 22.7. The third-order valence-electron chi connectivity index (χ3n) is 15.0. The summed E-state index contributed by atoms with van der Waals surface area (Å²) < 4.78 is 28.5. The van der Waals surface area contributed by atoms with Crippen LogP contribution >= 0.6 is 0 Å². The fourth-order valence-corrected chi connectivity index (χ4v) is 9.90. The van der Waals surface area contributed by atoms with Gasteiger partial charge in [0.2, 0.25) is 0 Å². The highest BCUT2D eigenvalue weighted by Gasteiger charge is 2.50. The molecular formula is C69H120O12. The summed E-state index contributed by atoms with van der Waals surface area (Å²) in [5.74, 6) is -3.13. The van der Waals surface area contributed by atoms with Crippen LogP contribution < -0.4 is 0 Å². The van der Waals surface area contributed by atoms with E-state index in [4.69, 9.17) is 23.7 Å². The van der Waals surface area contributed by atoms with Crippen molar-refractivity contribution in [2.24, 2.45) is 0 Å². The van der Waals surface area contributed by atoms with E-state index in [0.717, 1.165) is 109 Å². The van der Waals surface area contributed by atoms with E-state index in [2.05, 4.69) is 81.5 Å². The summed E-state index contributed by atoms with van der Waals surface area (Å²) >= 11 is 0. The molecule has 468 valence electrons. The van der Waals surface area contributed by atoms with Crippen LogP contribution in [0.1, 0.15) is 303 Å². The third kappa shape index (κ3) is 46.5. The van der Waals surface area contributed by atoms with E-state index in [0.29, 0.717) is 19.3 Å². The number of hydrogen-bond donors (Lipinski definition) is 3. The average Bonchev–Trinajstić information content (AvgIpc) is 3.54. The molecule has 3 N–H and O–H groups in total. The number of carboxylic acid groups (broad SMARTS) is 1. The van der Waals surface area contributed by atoms with E-state index in [1.807, 2.05) is 0 Å². The van der Waals surface area contributed by atoms with Gasteiger partial charge in [0.1, 0.15) is 18.8 Å². The van der Waals surface area contributed by atoms with Crippen LogP contribution in [0.4, 0.5) is 0 Å². The number of ether oxygens (including phenoxy) is 5. The van der Waals surface area contributed by atoms with Crippen LogP contribution in [0, 0.1) is 0 Å². The van der Waals surface area contributed by atoms with E-state index < -0.39 is 67.3 Å². The lowest BCUT2D eigenvalue weighted by Gasteiger charge is -2.40. The molecule has 0 aromatic carbocycles. The van der Waals surface area contributed by atoms with Crippen molar-refractivity contribution in [2.75, 3.05) is 13.2 Å². The summed E-state index contributed by atoms with van der Waals surface area (Å²) in [7, 11) is 0. The van der Waals surface area contributed by atoms with Crippen molar-refractivity contribution in [3.8, 4) is 0 Å². The standard InChI is InChI=1S/C69H120O12/c1-4-7-10-13-16-19-22-25-27-29-31-33-35-38-40-43-46-49-52-55-61(70)77-58-60(79-62(71)56-53-50-47-44-41-37-24-21-18-15-12-9-6-3)59-78-69-67(65(74)64(73)66(81-69)68(75)76)80-63(72)57-54-51-48-45-42-39-36-34-32-30-28-26-23-20-17-14-11-8-5-2/h12,15,17,20-21,24-28,60,64-67,69,73-74H,4-11,13-14,16,18-19,22-23,29-59H2,1-3H3,(H,75,76)/b15-12-,20-17-,24-21-,27-25-,28-26-. The van der Waals surface area contributed by atoms with Crippen molar-refractivity contribution >= 4 is 23.9 Å². The zero-order chi connectivity index (χ0) is 58.9. The molecule has 0 aliphatic carbocycles. The Bertz CT molecular complexity index is 1640. The number of hydrogen-bond acceptors (Lipinski definition) is 11. The first kappa shape index (κ1) is 75.4. The monoisotopic (exact) mass is 1140 g/mol. The van der Waals surface area contributed by atoms with Crippen molar-refractivity contribution in [1.82, 2.24) is 0 Å². The number of aliphatic hydroxyl groups excluding tert-OH is 2. The molecular weight excluding hydrogens is 1020 g/mol. The van der Waals surface area contributed by atoms with Gasteiger partial charge in [-0.2, -0.15) is 0 Å². The van der Waals surface area contributed by atoms with E-state index >= 15 is 0 Å². The van der Waals surface area contributed by atoms with Crippen LogP contribution in [-0.4, -0.2) is 89.2 Å². The van der Waals surface area contributed by atoms with Gasteiger partial charge in [-0.1, -0.05) is 242 Å². The Balaban J connectivity index is 2.62.